The molecule has 0 spiro atoms. The molecule has 4 nitrogen and oxygen atoms in total. The van der Waals surface area contributed by atoms with E-state index in [1.807, 2.05) is 0 Å². The van der Waals surface area contributed by atoms with Gasteiger partial charge in [0.05, 0.1) is 5.02 Å². The Labute approximate surface area is 117 Å². The largest absolute Gasteiger partial charge is 0.315 e. The molecular formula is C12H16ClFN2O2S. The highest BCUT2D eigenvalue weighted by atomic mass is 35.5. The van der Waals surface area contributed by atoms with E-state index >= 15 is 0 Å². The molecule has 0 saturated carbocycles. The number of nitrogens with one attached hydrogen (secondary N) is 1. The zero-order valence-electron chi connectivity index (χ0n) is 10.6. The minimum atomic E-state index is -3.77. The van der Waals surface area contributed by atoms with Crippen molar-refractivity contribution in [3.63, 3.8) is 0 Å². The normalized spacial score (nSPS) is 20.7. The van der Waals surface area contributed by atoms with Gasteiger partial charge in [0.15, 0.2) is 0 Å². The molecule has 1 N–H and O–H groups in total. The second-order valence-electron chi connectivity index (χ2n) is 4.60. The molecular weight excluding hydrogens is 291 g/mol. The maximum Gasteiger partial charge on any atom is 0.244 e. The molecule has 7 heteroatoms. The summed E-state index contributed by atoms with van der Waals surface area (Å²) in [4.78, 5) is -0.178. The fourth-order valence-electron chi connectivity index (χ4n) is 2.17. The number of rotatable bonds is 3. The van der Waals surface area contributed by atoms with E-state index < -0.39 is 15.8 Å². The molecule has 19 heavy (non-hydrogen) atoms. The van der Waals surface area contributed by atoms with Gasteiger partial charge in [0.1, 0.15) is 10.7 Å². The van der Waals surface area contributed by atoms with Crippen LogP contribution in [0.15, 0.2) is 23.1 Å². The first-order chi connectivity index (χ1) is 8.93. The van der Waals surface area contributed by atoms with Gasteiger partial charge in [-0.3, -0.25) is 0 Å². The molecule has 2 rings (SSSR count). The summed E-state index contributed by atoms with van der Waals surface area (Å²) in [5, 5.41) is 3.19. The Morgan fingerprint density at radius 2 is 2.21 bits per heavy atom. The van der Waals surface area contributed by atoms with Crippen LogP contribution in [0.25, 0.3) is 0 Å². The van der Waals surface area contributed by atoms with E-state index in [4.69, 9.17) is 11.6 Å². The Kier molecular flexibility index (Phi) is 4.45. The van der Waals surface area contributed by atoms with Crippen LogP contribution in [0.5, 0.6) is 0 Å². The molecule has 1 aromatic carbocycles. The first kappa shape index (κ1) is 14.7. The van der Waals surface area contributed by atoms with Crippen molar-refractivity contribution in [1.29, 1.82) is 0 Å². The number of likely N-dealkylation sites (N-methyl/N-ethyl adjacent to an activating group) is 1. The lowest BCUT2D eigenvalue weighted by Gasteiger charge is -2.31. The highest BCUT2D eigenvalue weighted by Gasteiger charge is 2.30. The zero-order valence-corrected chi connectivity index (χ0v) is 12.1. The molecule has 0 radical (unpaired) electrons. The number of benzene rings is 1. The van der Waals surface area contributed by atoms with Crippen molar-refractivity contribution < 1.29 is 12.8 Å². The molecule has 0 amide bonds. The number of hydrogen-bond donors (Lipinski definition) is 1. The second-order valence-corrected chi connectivity index (χ2v) is 6.97. The Hall–Kier alpha value is -0.690. The maximum absolute atomic E-state index is 13.2. The van der Waals surface area contributed by atoms with Crippen molar-refractivity contribution in [2.24, 2.45) is 0 Å². The number of hydrogen-bond acceptors (Lipinski definition) is 3. The van der Waals surface area contributed by atoms with Crippen LogP contribution in [0.4, 0.5) is 4.39 Å². The van der Waals surface area contributed by atoms with Crippen molar-refractivity contribution in [2.45, 2.75) is 23.8 Å². The number of nitrogens with zero attached hydrogens (tertiary/aromatic N) is 1. The van der Waals surface area contributed by atoms with E-state index in [1.54, 1.807) is 0 Å². The summed E-state index contributed by atoms with van der Waals surface area (Å²) in [6.45, 7) is 1.49. The zero-order chi connectivity index (χ0) is 14.0. The van der Waals surface area contributed by atoms with E-state index in [9.17, 15) is 12.8 Å². The van der Waals surface area contributed by atoms with Crippen LogP contribution >= 0.6 is 11.6 Å². The third-order valence-electron chi connectivity index (χ3n) is 3.34. The molecule has 1 aliphatic rings. The second kappa shape index (κ2) is 5.75. The molecule has 1 saturated heterocycles. The van der Waals surface area contributed by atoms with Crippen molar-refractivity contribution in [1.82, 2.24) is 9.62 Å². The van der Waals surface area contributed by atoms with Crippen LogP contribution in [-0.4, -0.2) is 38.9 Å². The van der Waals surface area contributed by atoms with Gasteiger partial charge in [-0.2, -0.15) is 4.31 Å². The summed E-state index contributed by atoms with van der Waals surface area (Å²) >= 11 is 5.88. The molecule has 0 aliphatic carbocycles. The molecule has 0 aromatic heterocycles. The Morgan fingerprint density at radius 1 is 1.47 bits per heavy atom. The van der Waals surface area contributed by atoms with Gasteiger partial charge in [0, 0.05) is 19.6 Å². The standard InChI is InChI=1S/C12H16ClFN2O2S/c1-16(10-3-2-6-15-8-10)19(17,18)12-7-9(14)4-5-11(12)13/h4-5,7,10,15H,2-3,6,8H2,1H3. The van der Waals surface area contributed by atoms with Gasteiger partial charge in [-0.15, -0.1) is 0 Å². The lowest BCUT2D eigenvalue weighted by Crippen LogP contribution is -2.46. The van der Waals surface area contributed by atoms with Gasteiger partial charge in [-0.05, 0) is 37.6 Å². The summed E-state index contributed by atoms with van der Waals surface area (Å²) in [5.41, 5.74) is 0. The minimum absolute atomic E-state index is 0.0389. The van der Waals surface area contributed by atoms with Crippen LogP contribution in [0, 0.1) is 5.82 Å². The molecule has 1 aromatic rings. The van der Waals surface area contributed by atoms with Crippen molar-refractivity contribution >= 4 is 21.6 Å². The van der Waals surface area contributed by atoms with E-state index in [0.29, 0.717) is 6.54 Å². The van der Waals surface area contributed by atoms with Gasteiger partial charge in [-0.1, -0.05) is 11.6 Å². The maximum atomic E-state index is 13.2. The predicted molar refractivity (Wildman–Crippen MR) is 72.3 cm³/mol. The van der Waals surface area contributed by atoms with Crippen molar-refractivity contribution in [3.8, 4) is 0 Å². The van der Waals surface area contributed by atoms with Gasteiger partial charge in [0.25, 0.3) is 0 Å². The molecule has 1 atom stereocenters. The first-order valence-corrected chi connectivity index (χ1v) is 7.88. The Balaban J connectivity index is 2.33. The average molecular weight is 307 g/mol. The highest BCUT2D eigenvalue weighted by molar-refractivity contribution is 7.89. The van der Waals surface area contributed by atoms with E-state index in [2.05, 4.69) is 5.32 Å². The van der Waals surface area contributed by atoms with E-state index in [1.165, 1.54) is 17.4 Å². The third kappa shape index (κ3) is 3.08. The van der Waals surface area contributed by atoms with Crippen molar-refractivity contribution in [3.05, 3.63) is 29.0 Å². The van der Waals surface area contributed by atoms with Crippen LogP contribution in [0.1, 0.15) is 12.8 Å². The Morgan fingerprint density at radius 3 is 2.84 bits per heavy atom. The summed E-state index contributed by atoms with van der Waals surface area (Å²) in [6.07, 6.45) is 1.71. The predicted octanol–water partition coefficient (Wildman–Crippen LogP) is 1.85. The highest BCUT2D eigenvalue weighted by Crippen LogP contribution is 2.26. The molecule has 1 aliphatic heterocycles. The van der Waals surface area contributed by atoms with Crippen LogP contribution < -0.4 is 5.32 Å². The van der Waals surface area contributed by atoms with Crippen molar-refractivity contribution in [2.75, 3.05) is 20.1 Å². The van der Waals surface area contributed by atoms with Crippen LogP contribution in [0.3, 0.4) is 0 Å². The smallest absolute Gasteiger partial charge is 0.244 e. The lowest BCUT2D eigenvalue weighted by molar-refractivity contribution is 0.300. The van der Waals surface area contributed by atoms with E-state index in [-0.39, 0.29) is 16.0 Å². The number of sulfonamides is 1. The SMILES string of the molecule is CN(C1CCCNC1)S(=O)(=O)c1cc(F)ccc1Cl. The molecule has 106 valence electrons. The lowest BCUT2D eigenvalue weighted by atomic mass is 10.1. The molecule has 1 unspecified atom stereocenters. The van der Waals surface area contributed by atoms with Gasteiger partial charge in [-0.25, -0.2) is 12.8 Å². The quantitative estimate of drug-likeness (QED) is 0.927. The topological polar surface area (TPSA) is 49.4 Å². The summed E-state index contributed by atoms with van der Waals surface area (Å²) < 4.78 is 39.4. The van der Waals surface area contributed by atoms with Gasteiger partial charge >= 0.3 is 0 Å². The fraction of sp³-hybridized carbons (Fsp3) is 0.500. The summed E-state index contributed by atoms with van der Waals surface area (Å²) in [7, 11) is -2.26. The first-order valence-electron chi connectivity index (χ1n) is 6.07. The monoisotopic (exact) mass is 306 g/mol. The molecule has 1 heterocycles. The van der Waals surface area contributed by atoms with Gasteiger partial charge in [0.2, 0.25) is 10.0 Å². The molecule has 1 fully saturated rings. The van der Waals surface area contributed by atoms with Crippen LogP contribution in [0.2, 0.25) is 5.02 Å². The fourth-order valence-corrected chi connectivity index (χ4v) is 4.04. The summed E-state index contributed by atoms with van der Waals surface area (Å²) in [6, 6.07) is 3.24. The third-order valence-corrected chi connectivity index (χ3v) is 5.73. The molecule has 0 bridgehead atoms. The average Bonchev–Trinajstić information content (AvgIpc) is 2.41. The number of halogens is 2. The Bertz CT molecular complexity index is 559. The summed E-state index contributed by atoms with van der Waals surface area (Å²) in [5.74, 6) is -0.613. The van der Waals surface area contributed by atoms with E-state index in [0.717, 1.165) is 31.5 Å². The van der Waals surface area contributed by atoms with Gasteiger partial charge < -0.3 is 5.32 Å². The van der Waals surface area contributed by atoms with Crippen LogP contribution in [-0.2, 0) is 10.0 Å². The number of piperidine rings is 1. The minimum Gasteiger partial charge on any atom is -0.315 e.